The second kappa shape index (κ2) is 8.11. The normalized spacial score (nSPS) is 11.7. The first-order valence-corrected chi connectivity index (χ1v) is 9.90. The van der Waals surface area contributed by atoms with Crippen LogP contribution in [0.1, 0.15) is 12.5 Å². The summed E-state index contributed by atoms with van der Waals surface area (Å²) < 4.78 is 26.2. The van der Waals surface area contributed by atoms with E-state index >= 15 is 0 Å². The SMILES string of the molecule is CCNS(=O)(=O)c1ccc(C=CC(=O)Nc2ccc3ncccc3c2)cc1. The van der Waals surface area contributed by atoms with Crippen LogP contribution in [0.25, 0.3) is 17.0 Å². The number of hydrogen-bond acceptors (Lipinski definition) is 4. The Balaban J connectivity index is 1.67. The largest absolute Gasteiger partial charge is 0.322 e. The van der Waals surface area contributed by atoms with Gasteiger partial charge in [0, 0.05) is 29.9 Å². The van der Waals surface area contributed by atoms with Crippen LogP contribution in [0.4, 0.5) is 5.69 Å². The third-order valence-electron chi connectivity index (χ3n) is 3.82. The van der Waals surface area contributed by atoms with Crippen molar-refractivity contribution in [3.05, 3.63) is 72.4 Å². The Morgan fingerprint density at radius 3 is 2.63 bits per heavy atom. The third kappa shape index (κ3) is 4.78. The average molecular weight is 381 g/mol. The van der Waals surface area contributed by atoms with E-state index < -0.39 is 10.0 Å². The van der Waals surface area contributed by atoms with Crippen molar-refractivity contribution in [3.8, 4) is 0 Å². The maximum atomic E-state index is 12.1. The molecule has 3 aromatic rings. The van der Waals surface area contributed by atoms with Crippen molar-refractivity contribution in [2.75, 3.05) is 11.9 Å². The molecule has 0 bridgehead atoms. The van der Waals surface area contributed by atoms with Gasteiger partial charge in [0.05, 0.1) is 10.4 Å². The number of fused-ring (bicyclic) bond motifs is 1. The number of benzene rings is 2. The summed E-state index contributed by atoms with van der Waals surface area (Å²) in [7, 11) is -3.48. The number of carbonyl (C=O) groups is 1. The molecule has 27 heavy (non-hydrogen) atoms. The van der Waals surface area contributed by atoms with E-state index in [1.165, 1.54) is 18.2 Å². The van der Waals surface area contributed by atoms with Gasteiger partial charge >= 0.3 is 0 Å². The fourth-order valence-corrected chi connectivity index (χ4v) is 3.58. The molecule has 2 N–H and O–H groups in total. The lowest BCUT2D eigenvalue weighted by molar-refractivity contribution is -0.111. The van der Waals surface area contributed by atoms with Crippen LogP contribution in [0.5, 0.6) is 0 Å². The number of aromatic nitrogens is 1. The van der Waals surface area contributed by atoms with Gasteiger partial charge in [-0.25, -0.2) is 13.1 Å². The van der Waals surface area contributed by atoms with Gasteiger partial charge in [-0.1, -0.05) is 25.1 Å². The van der Waals surface area contributed by atoms with Crippen LogP contribution >= 0.6 is 0 Å². The zero-order valence-corrected chi connectivity index (χ0v) is 15.5. The summed E-state index contributed by atoms with van der Waals surface area (Å²) in [4.78, 5) is 16.5. The number of hydrogen-bond donors (Lipinski definition) is 2. The minimum absolute atomic E-state index is 0.190. The first kappa shape index (κ1) is 18.8. The number of nitrogens with one attached hydrogen (secondary N) is 2. The summed E-state index contributed by atoms with van der Waals surface area (Å²) in [6.07, 6.45) is 4.75. The average Bonchev–Trinajstić information content (AvgIpc) is 2.66. The first-order valence-electron chi connectivity index (χ1n) is 8.41. The molecule has 1 aromatic heterocycles. The van der Waals surface area contributed by atoms with Crippen LogP contribution in [0.3, 0.4) is 0 Å². The number of anilines is 1. The molecule has 0 saturated carbocycles. The van der Waals surface area contributed by atoms with Crippen molar-refractivity contribution in [1.82, 2.24) is 9.71 Å². The van der Waals surface area contributed by atoms with Crippen LogP contribution in [0.15, 0.2) is 71.8 Å². The van der Waals surface area contributed by atoms with E-state index in [0.717, 1.165) is 16.5 Å². The molecule has 0 saturated heterocycles. The molecular formula is C20H19N3O3S. The first-order chi connectivity index (χ1) is 13.0. The van der Waals surface area contributed by atoms with Gasteiger partial charge in [-0.3, -0.25) is 9.78 Å². The maximum Gasteiger partial charge on any atom is 0.248 e. The summed E-state index contributed by atoms with van der Waals surface area (Å²) in [5.41, 5.74) is 2.26. The van der Waals surface area contributed by atoms with Crippen molar-refractivity contribution < 1.29 is 13.2 Å². The fraction of sp³-hybridized carbons (Fsp3) is 0.100. The molecule has 0 aliphatic carbocycles. The van der Waals surface area contributed by atoms with Crippen LogP contribution in [0, 0.1) is 0 Å². The van der Waals surface area contributed by atoms with Crippen molar-refractivity contribution in [2.24, 2.45) is 0 Å². The summed E-state index contributed by atoms with van der Waals surface area (Å²) in [6, 6.07) is 15.6. The van der Waals surface area contributed by atoms with Gasteiger partial charge in [0.1, 0.15) is 0 Å². The highest BCUT2D eigenvalue weighted by molar-refractivity contribution is 7.89. The molecule has 0 aliphatic heterocycles. The second-order valence-electron chi connectivity index (χ2n) is 5.80. The van der Waals surface area contributed by atoms with Crippen molar-refractivity contribution in [2.45, 2.75) is 11.8 Å². The van der Waals surface area contributed by atoms with Gasteiger partial charge in [-0.2, -0.15) is 0 Å². The molecule has 3 rings (SSSR count). The van der Waals surface area contributed by atoms with Crippen LogP contribution < -0.4 is 10.0 Å². The van der Waals surface area contributed by atoms with Gasteiger partial charge in [-0.15, -0.1) is 0 Å². The number of sulfonamides is 1. The van der Waals surface area contributed by atoms with Crippen LogP contribution in [0.2, 0.25) is 0 Å². The Kier molecular flexibility index (Phi) is 5.63. The van der Waals surface area contributed by atoms with Crippen molar-refractivity contribution in [3.63, 3.8) is 0 Å². The van der Waals surface area contributed by atoms with E-state index in [0.29, 0.717) is 12.2 Å². The standard InChI is InChI=1S/C20H19N3O3S/c1-2-22-27(25,26)18-9-5-15(6-10-18)7-12-20(24)23-17-8-11-19-16(14-17)4-3-13-21-19/h3-14,22H,2H2,1H3,(H,23,24). The maximum absolute atomic E-state index is 12.1. The highest BCUT2D eigenvalue weighted by atomic mass is 32.2. The monoisotopic (exact) mass is 381 g/mol. The van der Waals surface area contributed by atoms with E-state index in [2.05, 4.69) is 15.0 Å². The van der Waals surface area contributed by atoms with Gasteiger partial charge in [0.2, 0.25) is 15.9 Å². The zero-order valence-electron chi connectivity index (χ0n) is 14.7. The summed E-state index contributed by atoms with van der Waals surface area (Å²) in [5.74, 6) is -0.275. The number of nitrogens with zero attached hydrogens (tertiary/aromatic N) is 1. The molecule has 0 atom stereocenters. The molecule has 138 valence electrons. The Hall–Kier alpha value is -3.03. The Morgan fingerprint density at radius 1 is 1.11 bits per heavy atom. The third-order valence-corrected chi connectivity index (χ3v) is 5.38. The molecule has 0 spiro atoms. The Morgan fingerprint density at radius 2 is 1.89 bits per heavy atom. The second-order valence-corrected chi connectivity index (χ2v) is 7.57. The van der Waals surface area contributed by atoms with Crippen LogP contribution in [-0.4, -0.2) is 25.9 Å². The summed E-state index contributed by atoms with van der Waals surface area (Å²) in [5, 5.41) is 3.74. The molecule has 0 radical (unpaired) electrons. The van der Waals surface area contributed by atoms with E-state index in [1.807, 2.05) is 24.3 Å². The molecule has 1 heterocycles. The molecule has 7 heteroatoms. The van der Waals surface area contributed by atoms with Gasteiger partial charge in [0.15, 0.2) is 0 Å². The summed E-state index contributed by atoms with van der Waals surface area (Å²) >= 11 is 0. The lowest BCUT2D eigenvalue weighted by atomic mass is 10.2. The number of pyridine rings is 1. The number of rotatable bonds is 6. The van der Waals surface area contributed by atoms with E-state index in [1.54, 1.807) is 37.4 Å². The number of amides is 1. The van der Waals surface area contributed by atoms with E-state index in [4.69, 9.17) is 0 Å². The smallest absolute Gasteiger partial charge is 0.248 e. The molecular weight excluding hydrogens is 362 g/mol. The predicted molar refractivity (Wildman–Crippen MR) is 107 cm³/mol. The zero-order chi connectivity index (χ0) is 19.3. The molecule has 0 unspecified atom stereocenters. The van der Waals surface area contributed by atoms with E-state index in [9.17, 15) is 13.2 Å². The van der Waals surface area contributed by atoms with Crippen molar-refractivity contribution >= 4 is 38.6 Å². The Labute approximate surface area is 158 Å². The molecule has 0 fully saturated rings. The van der Waals surface area contributed by atoms with Crippen LogP contribution in [-0.2, 0) is 14.8 Å². The highest BCUT2D eigenvalue weighted by Crippen LogP contribution is 2.17. The molecule has 0 aliphatic rings. The lowest BCUT2D eigenvalue weighted by Gasteiger charge is -2.05. The van der Waals surface area contributed by atoms with Crippen molar-refractivity contribution in [1.29, 1.82) is 0 Å². The molecule has 2 aromatic carbocycles. The van der Waals surface area contributed by atoms with Gasteiger partial charge in [-0.05, 0) is 48.0 Å². The van der Waals surface area contributed by atoms with Gasteiger partial charge < -0.3 is 5.32 Å². The topological polar surface area (TPSA) is 88.2 Å². The van der Waals surface area contributed by atoms with Gasteiger partial charge in [0.25, 0.3) is 0 Å². The summed E-state index contributed by atoms with van der Waals surface area (Å²) in [6.45, 7) is 2.05. The fourth-order valence-electron chi connectivity index (χ4n) is 2.54. The number of carbonyl (C=O) groups excluding carboxylic acids is 1. The van der Waals surface area contributed by atoms with E-state index in [-0.39, 0.29) is 10.8 Å². The quantitative estimate of drug-likeness (QED) is 0.642. The Bertz CT molecular complexity index is 1090. The minimum atomic E-state index is -3.48. The molecule has 1 amide bonds. The highest BCUT2D eigenvalue weighted by Gasteiger charge is 2.11. The lowest BCUT2D eigenvalue weighted by Crippen LogP contribution is -2.22. The minimum Gasteiger partial charge on any atom is -0.322 e. The molecule has 6 nitrogen and oxygen atoms in total. The predicted octanol–water partition coefficient (Wildman–Crippen LogP) is 3.18.